The fourth-order valence-corrected chi connectivity index (χ4v) is 3.18. The molecule has 0 radical (unpaired) electrons. The minimum atomic E-state index is 0.254. The first-order valence-corrected chi connectivity index (χ1v) is 7.59. The molecule has 6 heteroatoms. The van der Waals surface area contributed by atoms with Crippen LogP contribution < -0.4 is 5.73 Å². The minimum absolute atomic E-state index is 0.254. The summed E-state index contributed by atoms with van der Waals surface area (Å²) in [5.74, 6) is 0.254. The van der Waals surface area contributed by atoms with Crippen LogP contribution in [0.15, 0.2) is 24.4 Å². The first-order valence-electron chi connectivity index (χ1n) is 6.77. The number of aromatic nitrogens is 3. The summed E-state index contributed by atoms with van der Waals surface area (Å²) in [6, 6.07) is 8.15. The zero-order chi connectivity index (χ0) is 15.9. The molecule has 22 heavy (non-hydrogen) atoms. The summed E-state index contributed by atoms with van der Waals surface area (Å²) in [5, 5.41) is 13.7. The predicted octanol–water partition coefficient (Wildman–Crippen LogP) is 3.28. The Bertz CT molecular complexity index is 898. The van der Waals surface area contributed by atoms with E-state index in [-0.39, 0.29) is 5.82 Å². The maximum atomic E-state index is 9.43. The van der Waals surface area contributed by atoms with Crippen LogP contribution in [0.1, 0.15) is 16.1 Å². The van der Waals surface area contributed by atoms with Gasteiger partial charge in [-0.3, -0.25) is 4.68 Å². The summed E-state index contributed by atoms with van der Waals surface area (Å²) in [6.07, 6.45) is 1.76. The molecule has 0 aliphatic rings. The molecule has 0 aliphatic heterocycles. The fourth-order valence-electron chi connectivity index (χ4n) is 2.36. The van der Waals surface area contributed by atoms with Crippen molar-refractivity contribution in [2.45, 2.75) is 13.8 Å². The standard InChI is InChI=1S/C16H15N5S/c1-9-4-5-15(22-9)14-6-11(12(7-17)16(18)20-14)13-8-19-21(3)10(13)2/h4-6,8H,1-3H3,(H2,18,20). The van der Waals surface area contributed by atoms with Crippen molar-refractivity contribution in [1.82, 2.24) is 14.8 Å². The van der Waals surface area contributed by atoms with Gasteiger partial charge in [0.2, 0.25) is 0 Å². The Labute approximate surface area is 132 Å². The highest BCUT2D eigenvalue weighted by atomic mass is 32.1. The van der Waals surface area contributed by atoms with Gasteiger partial charge in [-0.1, -0.05) is 0 Å². The third-order valence-electron chi connectivity index (χ3n) is 3.68. The lowest BCUT2D eigenvalue weighted by molar-refractivity contribution is 0.740. The van der Waals surface area contributed by atoms with Crippen LogP contribution >= 0.6 is 11.3 Å². The minimum Gasteiger partial charge on any atom is -0.383 e. The van der Waals surface area contributed by atoms with E-state index in [0.29, 0.717) is 5.56 Å². The Hall–Kier alpha value is -2.65. The molecule has 0 spiro atoms. The molecule has 0 unspecified atom stereocenters. The monoisotopic (exact) mass is 309 g/mol. The van der Waals surface area contributed by atoms with E-state index in [1.54, 1.807) is 22.2 Å². The molecule has 0 saturated carbocycles. The van der Waals surface area contributed by atoms with Crippen LogP contribution in [0.2, 0.25) is 0 Å². The molecule has 0 bridgehead atoms. The van der Waals surface area contributed by atoms with Gasteiger partial charge in [-0.2, -0.15) is 10.4 Å². The molecule has 2 N–H and O–H groups in total. The molecule has 110 valence electrons. The fraction of sp³-hybridized carbons (Fsp3) is 0.188. The molecule has 3 heterocycles. The van der Waals surface area contributed by atoms with Crippen LogP contribution in [0.25, 0.3) is 21.7 Å². The van der Waals surface area contributed by atoms with Crippen molar-refractivity contribution >= 4 is 17.2 Å². The molecular formula is C16H15N5S. The van der Waals surface area contributed by atoms with E-state index < -0.39 is 0 Å². The van der Waals surface area contributed by atoms with E-state index in [2.05, 4.69) is 16.2 Å². The lowest BCUT2D eigenvalue weighted by Crippen LogP contribution is -2.00. The van der Waals surface area contributed by atoms with E-state index in [9.17, 15) is 5.26 Å². The van der Waals surface area contributed by atoms with Crippen molar-refractivity contribution in [2.24, 2.45) is 7.05 Å². The van der Waals surface area contributed by atoms with Gasteiger partial charge < -0.3 is 5.73 Å². The van der Waals surface area contributed by atoms with Crippen LogP contribution in [-0.2, 0) is 7.05 Å². The largest absolute Gasteiger partial charge is 0.383 e. The third kappa shape index (κ3) is 2.26. The second-order valence-electron chi connectivity index (χ2n) is 5.10. The van der Waals surface area contributed by atoms with E-state index in [4.69, 9.17) is 5.73 Å². The number of rotatable bonds is 2. The van der Waals surface area contributed by atoms with Crippen LogP contribution in [0.4, 0.5) is 5.82 Å². The quantitative estimate of drug-likeness (QED) is 0.787. The Morgan fingerprint density at radius 2 is 2.05 bits per heavy atom. The molecule has 3 aromatic rings. The number of pyridine rings is 1. The summed E-state index contributed by atoms with van der Waals surface area (Å²) >= 11 is 1.65. The van der Waals surface area contributed by atoms with Gasteiger partial charge in [0.1, 0.15) is 17.5 Å². The molecule has 3 aromatic heterocycles. The Morgan fingerprint density at radius 1 is 1.27 bits per heavy atom. The average molecular weight is 309 g/mol. The van der Waals surface area contributed by atoms with E-state index >= 15 is 0 Å². The van der Waals surface area contributed by atoms with Gasteiger partial charge >= 0.3 is 0 Å². The predicted molar refractivity (Wildman–Crippen MR) is 88.4 cm³/mol. The van der Waals surface area contributed by atoms with Crippen LogP contribution in [0.5, 0.6) is 0 Å². The maximum absolute atomic E-state index is 9.43. The van der Waals surface area contributed by atoms with Crippen LogP contribution in [0.3, 0.4) is 0 Å². The third-order valence-corrected chi connectivity index (χ3v) is 4.70. The molecule has 0 amide bonds. The maximum Gasteiger partial charge on any atom is 0.142 e. The average Bonchev–Trinajstić information content (AvgIpc) is 3.06. The van der Waals surface area contributed by atoms with Gasteiger partial charge in [-0.15, -0.1) is 11.3 Å². The zero-order valence-corrected chi connectivity index (χ0v) is 13.4. The lowest BCUT2D eigenvalue weighted by atomic mass is 10.0. The zero-order valence-electron chi connectivity index (χ0n) is 12.6. The van der Waals surface area contributed by atoms with Crippen molar-refractivity contribution in [1.29, 1.82) is 5.26 Å². The van der Waals surface area contributed by atoms with E-state index in [1.807, 2.05) is 39.1 Å². The smallest absolute Gasteiger partial charge is 0.142 e. The highest BCUT2D eigenvalue weighted by Crippen LogP contribution is 2.34. The number of hydrogen-bond donors (Lipinski definition) is 1. The summed E-state index contributed by atoms with van der Waals surface area (Å²) in [5.41, 5.74) is 9.86. The Balaban J connectivity index is 2.26. The van der Waals surface area contributed by atoms with Crippen molar-refractivity contribution < 1.29 is 0 Å². The number of hydrogen-bond acceptors (Lipinski definition) is 5. The second kappa shape index (κ2) is 5.28. The highest BCUT2D eigenvalue weighted by Gasteiger charge is 2.17. The molecule has 0 aliphatic carbocycles. The summed E-state index contributed by atoms with van der Waals surface area (Å²) < 4.78 is 1.78. The van der Waals surface area contributed by atoms with Crippen molar-refractivity contribution in [3.8, 4) is 27.8 Å². The lowest BCUT2D eigenvalue weighted by Gasteiger charge is -2.08. The molecule has 5 nitrogen and oxygen atoms in total. The van der Waals surface area contributed by atoms with Gasteiger partial charge in [0, 0.05) is 28.7 Å². The number of nitrogen functional groups attached to an aromatic ring is 1. The van der Waals surface area contributed by atoms with Gasteiger partial charge in [0.15, 0.2) is 0 Å². The number of nitrogens with zero attached hydrogens (tertiary/aromatic N) is 4. The summed E-state index contributed by atoms with van der Waals surface area (Å²) in [6.45, 7) is 4.02. The van der Waals surface area contributed by atoms with Crippen molar-refractivity contribution in [3.63, 3.8) is 0 Å². The van der Waals surface area contributed by atoms with Gasteiger partial charge in [0.05, 0.1) is 16.8 Å². The first-order chi connectivity index (χ1) is 10.5. The van der Waals surface area contributed by atoms with Crippen LogP contribution in [-0.4, -0.2) is 14.8 Å². The molecule has 3 rings (SSSR count). The van der Waals surface area contributed by atoms with Crippen molar-refractivity contribution in [2.75, 3.05) is 5.73 Å². The van der Waals surface area contributed by atoms with E-state index in [0.717, 1.165) is 27.4 Å². The number of aryl methyl sites for hydroxylation is 2. The molecule has 0 atom stereocenters. The SMILES string of the molecule is Cc1ccc(-c2cc(-c3cnn(C)c3C)c(C#N)c(N)n2)s1. The number of nitrogens with two attached hydrogens (primary N) is 1. The van der Waals surface area contributed by atoms with Crippen LogP contribution in [0, 0.1) is 25.2 Å². The highest BCUT2D eigenvalue weighted by molar-refractivity contribution is 7.15. The Kier molecular flexibility index (Phi) is 3.43. The molecule has 0 fully saturated rings. The number of anilines is 1. The normalized spacial score (nSPS) is 10.6. The Morgan fingerprint density at radius 3 is 2.59 bits per heavy atom. The summed E-state index contributed by atoms with van der Waals surface area (Å²) in [4.78, 5) is 6.63. The molecular weight excluding hydrogens is 294 g/mol. The second-order valence-corrected chi connectivity index (χ2v) is 6.39. The molecule has 0 saturated heterocycles. The first kappa shape index (κ1) is 14.3. The topological polar surface area (TPSA) is 80.5 Å². The molecule has 0 aromatic carbocycles. The van der Waals surface area contributed by atoms with Gasteiger partial charge in [-0.25, -0.2) is 4.98 Å². The van der Waals surface area contributed by atoms with E-state index in [1.165, 1.54) is 4.88 Å². The number of nitriles is 1. The number of thiophene rings is 1. The van der Waals surface area contributed by atoms with Crippen molar-refractivity contribution in [3.05, 3.63) is 40.5 Å². The van der Waals surface area contributed by atoms with Gasteiger partial charge in [-0.05, 0) is 32.0 Å². The summed E-state index contributed by atoms with van der Waals surface area (Å²) in [7, 11) is 1.87. The van der Waals surface area contributed by atoms with Gasteiger partial charge in [0.25, 0.3) is 0 Å².